The molecule has 1 saturated heterocycles. The van der Waals surface area contributed by atoms with Crippen LogP contribution in [-0.4, -0.2) is 36.5 Å². The van der Waals surface area contributed by atoms with Crippen LogP contribution in [0.3, 0.4) is 0 Å². The number of halogens is 2. The van der Waals surface area contributed by atoms with Gasteiger partial charge in [0.25, 0.3) is 0 Å². The Morgan fingerprint density at radius 3 is 2.77 bits per heavy atom. The van der Waals surface area contributed by atoms with Crippen molar-refractivity contribution in [3.63, 3.8) is 0 Å². The molecule has 22 heavy (non-hydrogen) atoms. The molecule has 3 N–H and O–H groups in total. The number of nitrogens with two attached hydrogens (primary N) is 1. The molecule has 1 aromatic rings. The number of para-hydroxylation sites is 1. The molecule has 1 aliphatic heterocycles. The van der Waals surface area contributed by atoms with Crippen LogP contribution in [0.4, 0.5) is 5.69 Å². The van der Waals surface area contributed by atoms with E-state index in [1.807, 2.05) is 0 Å². The molecule has 1 aromatic carbocycles. The summed E-state index contributed by atoms with van der Waals surface area (Å²) in [5, 5.41) is 3.71. The van der Waals surface area contributed by atoms with Gasteiger partial charge in [-0.1, -0.05) is 29.3 Å². The first-order chi connectivity index (χ1) is 10.5. The molecule has 4 nitrogen and oxygen atoms in total. The van der Waals surface area contributed by atoms with Crippen molar-refractivity contribution in [3.8, 4) is 0 Å². The Labute approximate surface area is 141 Å². The average molecular weight is 344 g/mol. The molecule has 2 atom stereocenters. The average Bonchev–Trinajstić information content (AvgIpc) is 2.49. The molecule has 0 aromatic heterocycles. The number of hydrogen-bond acceptors (Lipinski definition) is 3. The van der Waals surface area contributed by atoms with Crippen molar-refractivity contribution in [1.29, 1.82) is 0 Å². The first-order valence-corrected chi connectivity index (χ1v) is 8.44. The van der Waals surface area contributed by atoms with Gasteiger partial charge in [-0.05, 0) is 44.4 Å². The number of rotatable bonds is 5. The fourth-order valence-electron chi connectivity index (χ4n) is 2.80. The minimum absolute atomic E-state index is 0.0714. The number of benzene rings is 1. The van der Waals surface area contributed by atoms with Crippen LogP contribution in [0.25, 0.3) is 0 Å². The lowest BCUT2D eigenvalue weighted by atomic mass is 9.92. The topological polar surface area (TPSA) is 58.4 Å². The van der Waals surface area contributed by atoms with Crippen molar-refractivity contribution in [2.45, 2.75) is 32.2 Å². The summed E-state index contributed by atoms with van der Waals surface area (Å²) in [6.07, 6.45) is 2.74. The van der Waals surface area contributed by atoms with Crippen molar-refractivity contribution in [3.05, 3.63) is 28.2 Å². The van der Waals surface area contributed by atoms with Crippen LogP contribution in [0.2, 0.25) is 10.0 Å². The number of piperidine rings is 1. The molecule has 1 aliphatic rings. The van der Waals surface area contributed by atoms with Crippen molar-refractivity contribution in [2.75, 3.05) is 25.0 Å². The molecule has 0 radical (unpaired) electrons. The second-order valence-electron chi connectivity index (χ2n) is 5.96. The molecular weight excluding hydrogens is 321 g/mol. The van der Waals surface area contributed by atoms with Crippen LogP contribution in [-0.2, 0) is 4.79 Å². The normalized spacial score (nSPS) is 20.6. The van der Waals surface area contributed by atoms with Crippen LogP contribution < -0.4 is 11.1 Å². The Kier molecular flexibility index (Phi) is 6.50. The number of carbonyl (C=O) groups is 1. The van der Waals surface area contributed by atoms with E-state index in [1.54, 1.807) is 18.2 Å². The lowest BCUT2D eigenvalue weighted by Crippen LogP contribution is -2.43. The van der Waals surface area contributed by atoms with Gasteiger partial charge in [0, 0.05) is 25.6 Å². The molecule has 0 bridgehead atoms. The number of anilines is 1. The van der Waals surface area contributed by atoms with Crippen molar-refractivity contribution in [2.24, 2.45) is 11.7 Å². The van der Waals surface area contributed by atoms with Crippen LogP contribution in [0.1, 0.15) is 26.2 Å². The maximum absolute atomic E-state index is 12.1. The zero-order valence-corrected chi connectivity index (χ0v) is 14.3. The third-order valence-corrected chi connectivity index (χ3v) is 4.80. The molecule has 2 rings (SSSR count). The van der Waals surface area contributed by atoms with Crippen molar-refractivity contribution in [1.82, 2.24) is 4.90 Å². The zero-order chi connectivity index (χ0) is 16.1. The second-order valence-corrected chi connectivity index (χ2v) is 6.77. The largest absolute Gasteiger partial charge is 0.328 e. The van der Waals surface area contributed by atoms with Crippen molar-refractivity contribution >= 4 is 34.8 Å². The van der Waals surface area contributed by atoms with E-state index in [-0.39, 0.29) is 11.9 Å². The first kappa shape index (κ1) is 17.5. The Hall–Kier alpha value is -0.810. The highest BCUT2D eigenvalue weighted by molar-refractivity contribution is 6.39. The minimum atomic E-state index is -0.0714. The van der Waals surface area contributed by atoms with Gasteiger partial charge in [-0.2, -0.15) is 0 Å². The maximum Gasteiger partial charge on any atom is 0.225 e. The standard InChI is InChI=1S/C16H23Cl2N3O/c1-11(19)12-4-3-8-21(10-12)9-7-15(22)20-16-13(17)5-2-6-14(16)18/h2,5-6,11-12H,3-4,7-10,19H2,1H3,(H,20,22). The van der Waals surface area contributed by atoms with E-state index in [2.05, 4.69) is 17.1 Å². The summed E-state index contributed by atoms with van der Waals surface area (Å²) in [5.74, 6) is 0.452. The van der Waals surface area contributed by atoms with Crippen LogP contribution in [0.5, 0.6) is 0 Å². The lowest BCUT2D eigenvalue weighted by molar-refractivity contribution is -0.116. The smallest absolute Gasteiger partial charge is 0.225 e. The molecule has 2 unspecified atom stereocenters. The summed E-state index contributed by atoms with van der Waals surface area (Å²) in [5.41, 5.74) is 6.47. The van der Waals surface area contributed by atoms with E-state index in [9.17, 15) is 4.79 Å². The van der Waals surface area contributed by atoms with E-state index in [1.165, 1.54) is 6.42 Å². The minimum Gasteiger partial charge on any atom is -0.328 e. The van der Waals surface area contributed by atoms with E-state index in [0.717, 1.165) is 26.1 Å². The van der Waals surface area contributed by atoms with Crippen molar-refractivity contribution < 1.29 is 4.79 Å². The summed E-state index contributed by atoms with van der Waals surface area (Å²) in [6, 6.07) is 5.38. The van der Waals surface area contributed by atoms with Gasteiger partial charge in [-0.25, -0.2) is 0 Å². The number of nitrogens with one attached hydrogen (secondary N) is 1. The number of hydrogen-bond donors (Lipinski definition) is 2. The fourth-order valence-corrected chi connectivity index (χ4v) is 3.29. The van der Waals surface area contributed by atoms with Gasteiger partial charge in [0.2, 0.25) is 5.91 Å². The molecule has 1 amide bonds. The molecular formula is C16H23Cl2N3O. The van der Waals surface area contributed by atoms with E-state index < -0.39 is 0 Å². The first-order valence-electron chi connectivity index (χ1n) is 7.69. The quantitative estimate of drug-likeness (QED) is 0.861. The van der Waals surface area contributed by atoms with Gasteiger partial charge in [-0.15, -0.1) is 0 Å². The van der Waals surface area contributed by atoms with Gasteiger partial charge in [0.15, 0.2) is 0 Å². The van der Waals surface area contributed by atoms with E-state index in [4.69, 9.17) is 28.9 Å². The Bertz CT molecular complexity index is 502. The number of nitrogens with zero attached hydrogens (tertiary/aromatic N) is 1. The third kappa shape index (κ3) is 4.85. The van der Waals surface area contributed by atoms with Crippen LogP contribution in [0, 0.1) is 5.92 Å². The summed E-state index contributed by atoms with van der Waals surface area (Å²) in [4.78, 5) is 14.4. The lowest BCUT2D eigenvalue weighted by Gasteiger charge is -2.34. The Morgan fingerprint density at radius 1 is 1.45 bits per heavy atom. The van der Waals surface area contributed by atoms with E-state index in [0.29, 0.717) is 28.1 Å². The SMILES string of the molecule is CC(N)C1CCCN(CCC(=O)Nc2c(Cl)cccc2Cl)C1. The van der Waals surface area contributed by atoms with E-state index >= 15 is 0 Å². The molecule has 122 valence electrons. The Morgan fingerprint density at radius 2 is 2.14 bits per heavy atom. The van der Waals surface area contributed by atoms with Gasteiger partial charge in [0.05, 0.1) is 15.7 Å². The molecule has 6 heteroatoms. The number of amides is 1. The summed E-state index contributed by atoms with van der Waals surface area (Å²) in [6.45, 7) is 4.79. The fraction of sp³-hybridized carbons (Fsp3) is 0.562. The number of likely N-dealkylation sites (tertiary alicyclic amines) is 1. The van der Waals surface area contributed by atoms with Gasteiger partial charge in [0.1, 0.15) is 0 Å². The highest BCUT2D eigenvalue weighted by Crippen LogP contribution is 2.29. The number of carbonyl (C=O) groups excluding carboxylic acids is 1. The third-order valence-electron chi connectivity index (χ3n) is 4.17. The Balaban J connectivity index is 1.83. The van der Waals surface area contributed by atoms with Gasteiger partial charge in [-0.3, -0.25) is 4.79 Å². The second kappa shape index (κ2) is 8.16. The van der Waals surface area contributed by atoms with Crippen LogP contribution in [0.15, 0.2) is 18.2 Å². The monoisotopic (exact) mass is 343 g/mol. The molecule has 0 aliphatic carbocycles. The predicted molar refractivity (Wildman–Crippen MR) is 92.5 cm³/mol. The molecule has 1 fully saturated rings. The highest BCUT2D eigenvalue weighted by Gasteiger charge is 2.22. The highest BCUT2D eigenvalue weighted by atomic mass is 35.5. The predicted octanol–water partition coefficient (Wildman–Crippen LogP) is 3.38. The summed E-state index contributed by atoms with van der Waals surface area (Å²) >= 11 is 12.1. The summed E-state index contributed by atoms with van der Waals surface area (Å²) in [7, 11) is 0. The van der Waals surface area contributed by atoms with Gasteiger partial charge >= 0.3 is 0 Å². The maximum atomic E-state index is 12.1. The van der Waals surface area contributed by atoms with Gasteiger partial charge < -0.3 is 16.0 Å². The summed E-state index contributed by atoms with van der Waals surface area (Å²) < 4.78 is 0. The zero-order valence-electron chi connectivity index (χ0n) is 12.8. The molecule has 0 spiro atoms. The molecule has 0 saturated carbocycles. The van der Waals surface area contributed by atoms with Crippen LogP contribution >= 0.6 is 23.2 Å². The molecule has 1 heterocycles.